The van der Waals surface area contributed by atoms with Crippen LogP contribution in [0.3, 0.4) is 0 Å². The van der Waals surface area contributed by atoms with Gasteiger partial charge in [0.05, 0.1) is 66.5 Å². The number of amides is 1. The highest BCUT2D eigenvalue weighted by atomic mass is 19.1. The Bertz CT molecular complexity index is 2420. The normalized spacial score (nSPS) is 39.2. The number of esters is 1. The van der Waals surface area contributed by atoms with E-state index in [1.165, 1.54) is 31.2 Å². The number of rotatable bonds is 13. The number of aliphatic hydroxyl groups excluding tert-OH is 3. The molecule has 1 amide bonds. The second kappa shape index (κ2) is 24.6. The van der Waals surface area contributed by atoms with Gasteiger partial charge in [0.15, 0.2) is 12.6 Å². The lowest BCUT2D eigenvalue weighted by atomic mass is 9.77. The Morgan fingerprint density at radius 3 is 2.25 bits per heavy atom. The Kier molecular flexibility index (Phi) is 19.3. The maximum Gasteiger partial charge on any atom is 0.414 e. The van der Waals surface area contributed by atoms with Gasteiger partial charge in [-0.15, -0.1) is 5.10 Å². The van der Waals surface area contributed by atoms with E-state index in [2.05, 4.69) is 10.3 Å². The first-order chi connectivity index (χ1) is 36.2. The van der Waals surface area contributed by atoms with E-state index in [9.17, 15) is 35.1 Å². The van der Waals surface area contributed by atoms with E-state index in [1.54, 1.807) is 71.5 Å². The molecule has 1 aromatic heterocycles. The predicted molar refractivity (Wildman–Crippen MR) is 281 cm³/mol. The lowest BCUT2D eigenvalue weighted by molar-refractivity contribution is -0.318. The fourth-order valence-electron chi connectivity index (χ4n) is 12.1. The zero-order chi connectivity index (χ0) is 56.5. The molecule has 5 N–H and O–H groups in total. The quantitative estimate of drug-likeness (QED) is 0.143. The molecule has 21 heteroatoms. The number of carbonyl (C=O) groups excluding carboxylic acids is 2. The first-order valence-electron chi connectivity index (χ1n) is 27.2. The second-order valence-electron chi connectivity index (χ2n) is 23.2. The summed E-state index contributed by atoms with van der Waals surface area (Å²) in [7, 11) is 5.21. The number of anilines is 1. The van der Waals surface area contributed by atoms with Crippen LogP contribution in [0, 0.1) is 23.6 Å². The minimum absolute atomic E-state index is 0.0797. The fourth-order valence-corrected chi connectivity index (χ4v) is 12.1. The van der Waals surface area contributed by atoms with Crippen molar-refractivity contribution >= 4 is 17.7 Å². The molecule has 4 fully saturated rings. The number of likely N-dealkylation sites (N-methyl/N-ethyl adjacent to an activating group) is 2. The summed E-state index contributed by atoms with van der Waals surface area (Å²) in [5.41, 5.74) is -2.36. The van der Waals surface area contributed by atoms with Crippen molar-refractivity contribution < 1.29 is 72.7 Å². The average molecular weight is 1090 g/mol. The summed E-state index contributed by atoms with van der Waals surface area (Å²) >= 11 is 0. The molecule has 0 unspecified atom stereocenters. The van der Waals surface area contributed by atoms with E-state index in [1.807, 2.05) is 62.0 Å². The summed E-state index contributed by atoms with van der Waals surface area (Å²) in [5.74, 6) is -3.40. The molecule has 430 valence electrons. The molecule has 20 nitrogen and oxygen atoms in total. The number of aliphatic hydroxyl groups is 5. The van der Waals surface area contributed by atoms with Crippen molar-refractivity contribution in [3.8, 4) is 11.1 Å². The van der Waals surface area contributed by atoms with Crippen molar-refractivity contribution in [1.29, 1.82) is 0 Å². The molecular formula is C56H85FN6O14. The molecule has 0 radical (unpaired) electrons. The highest BCUT2D eigenvalue weighted by Crippen LogP contribution is 2.41. The standard InChI is InChI=1S/C56H85FN6O14/c1-14-44-56(10,70)48(65)35(6)60(11)27-31(2)25-54(8,69)50(33(4)47(34(5)51(67)75-44)76-45-26-55(9,71-13)49(66)36(7)73-45)77-52-46(64)43(23-32(3)72-52)61(12)28-37-15-17-38(18-16-37)41-20-19-39(24-42(41)57)63-30-40(74-53(63)68)29-62-22-21-58-59-62/h15-22,24,31-36,40,43-50,52,64-66,69-70H,14,23,25-30H2,1-13H3/t31-,32-,33+,34-,35-,36+,40+,43+,44-,45+,46-,47+,48-,49+,50-,52+,54-,55-,56-/m1/s1. The van der Waals surface area contributed by atoms with Crippen molar-refractivity contribution in [3.05, 3.63) is 66.2 Å². The highest BCUT2D eigenvalue weighted by Gasteiger charge is 2.53. The summed E-state index contributed by atoms with van der Waals surface area (Å²) < 4.78 is 61.2. The van der Waals surface area contributed by atoms with Gasteiger partial charge in [-0.1, -0.05) is 50.3 Å². The Balaban J connectivity index is 1.12. The van der Waals surface area contributed by atoms with Gasteiger partial charge in [-0.3, -0.25) is 14.6 Å². The van der Waals surface area contributed by atoms with Crippen LogP contribution < -0.4 is 4.90 Å². The number of carbonyl (C=O) groups is 2. The largest absolute Gasteiger partial charge is 0.459 e. The molecule has 77 heavy (non-hydrogen) atoms. The highest BCUT2D eigenvalue weighted by molar-refractivity contribution is 5.90. The number of aromatic nitrogens is 3. The zero-order valence-electron chi connectivity index (χ0n) is 47.1. The summed E-state index contributed by atoms with van der Waals surface area (Å²) in [6.07, 6.45) is -7.36. The number of methoxy groups -OCH3 is 1. The monoisotopic (exact) mass is 1080 g/mol. The van der Waals surface area contributed by atoms with E-state index in [0.717, 1.165) is 5.56 Å². The van der Waals surface area contributed by atoms with E-state index in [0.29, 0.717) is 42.9 Å². The molecular weight excluding hydrogens is 1000 g/mol. The van der Waals surface area contributed by atoms with Crippen LogP contribution in [0.5, 0.6) is 0 Å². The number of hydrogen-bond acceptors (Lipinski definition) is 18. The van der Waals surface area contributed by atoms with Crippen LogP contribution in [0.4, 0.5) is 14.9 Å². The van der Waals surface area contributed by atoms with Crippen LogP contribution in [0.25, 0.3) is 11.1 Å². The molecule has 0 bridgehead atoms. The number of nitrogens with zero attached hydrogens (tertiary/aromatic N) is 6. The molecule has 5 heterocycles. The maximum absolute atomic E-state index is 15.8. The van der Waals surface area contributed by atoms with Crippen LogP contribution in [-0.4, -0.2) is 193 Å². The van der Waals surface area contributed by atoms with Crippen molar-refractivity contribution in [2.45, 2.75) is 204 Å². The van der Waals surface area contributed by atoms with Gasteiger partial charge >= 0.3 is 12.1 Å². The SMILES string of the molecule is CC[C@H]1OC(=O)[C@H](C)[C@@H](O[C@H]2C[C@@](C)(OC)[C@@H](O)[C@H](C)O2)[C@H](C)[C@@H](O[C@@H]2O[C@H](C)C[C@H](N(C)Cc3ccc(-c4ccc(N5C[C@H](Cn6ccnn6)OC5=O)cc4F)cc3)[C@H]2O)[C@](C)(O)C[C@@H](C)CN(C)[C@H](C)[C@@H](O)[C@]1(C)O. The first kappa shape index (κ1) is 60.4. The summed E-state index contributed by atoms with van der Waals surface area (Å²) in [6.45, 7) is 18.7. The van der Waals surface area contributed by atoms with Crippen LogP contribution in [0.15, 0.2) is 54.9 Å². The number of cyclic esters (lactones) is 2. The molecule has 0 saturated carbocycles. The average Bonchev–Trinajstić information content (AvgIpc) is 4.04. The second-order valence-corrected chi connectivity index (χ2v) is 23.2. The smallest absolute Gasteiger partial charge is 0.414 e. The molecule has 4 aliphatic rings. The van der Waals surface area contributed by atoms with Crippen LogP contribution >= 0.6 is 0 Å². The van der Waals surface area contributed by atoms with Crippen molar-refractivity contribution in [2.24, 2.45) is 17.8 Å². The number of ether oxygens (including phenoxy) is 7. The molecule has 0 aliphatic carbocycles. The zero-order valence-corrected chi connectivity index (χ0v) is 47.1. The predicted octanol–water partition coefficient (Wildman–Crippen LogP) is 4.89. The Labute approximate surface area is 452 Å². The van der Waals surface area contributed by atoms with Crippen molar-refractivity contribution in [2.75, 3.05) is 39.2 Å². The first-order valence-corrected chi connectivity index (χ1v) is 27.2. The Morgan fingerprint density at radius 1 is 0.909 bits per heavy atom. The Hall–Kier alpha value is -4.23. The van der Waals surface area contributed by atoms with Crippen LogP contribution in [-0.2, 0) is 51.0 Å². The molecule has 2 aromatic carbocycles. The molecule has 4 saturated heterocycles. The van der Waals surface area contributed by atoms with Gasteiger partial charge in [0.25, 0.3) is 0 Å². The van der Waals surface area contributed by atoms with Gasteiger partial charge in [-0.2, -0.15) is 0 Å². The molecule has 0 spiro atoms. The third kappa shape index (κ3) is 13.5. The third-order valence-electron chi connectivity index (χ3n) is 16.8. The molecule has 4 aliphatic heterocycles. The van der Waals surface area contributed by atoms with Gasteiger partial charge in [-0.05, 0) is 117 Å². The summed E-state index contributed by atoms with van der Waals surface area (Å²) in [4.78, 5) is 32.6. The Morgan fingerprint density at radius 2 is 1.61 bits per heavy atom. The minimum Gasteiger partial charge on any atom is -0.459 e. The summed E-state index contributed by atoms with van der Waals surface area (Å²) in [6, 6.07) is 11.0. The number of halogens is 1. The van der Waals surface area contributed by atoms with E-state index in [4.69, 9.17) is 33.2 Å². The van der Waals surface area contributed by atoms with Crippen molar-refractivity contribution in [1.82, 2.24) is 24.8 Å². The van der Waals surface area contributed by atoms with Crippen LogP contribution in [0.2, 0.25) is 0 Å². The fraction of sp³-hybridized carbons (Fsp3) is 0.714. The topological polar surface area (TPSA) is 240 Å². The van der Waals surface area contributed by atoms with Gasteiger partial charge in [0.1, 0.15) is 41.9 Å². The van der Waals surface area contributed by atoms with Crippen molar-refractivity contribution in [3.63, 3.8) is 0 Å². The minimum atomic E-state index is -1.86. The van der Waals surface area contributed by atoms with Crippen LogP contribution in [0.1, 0.15) is 100 Å². The van der Waals surface area contributed by atoms with Gasteiger partial charge in [0.2, 0.25) is 0 Å². The lowest BCUT2D eigenvalue weighted by Crippen LogP contribution is -2.60. The van der Waals surface area contributed by atoms with Gasteiger partial charge in [0, 0.05) is 56.4 Å². The van der Waals surface area contributed by atoms with Gasteiger partial charge < -0.3 is 63.6 Å². The van der Waals surface area contributed by atoms with E-state index in [-0.39, 0.29) is 31.7 Å². The van der Waals surface area contributed by atoms with E-state index < -0.39 is 126 Å². The maximum atomic E-state index is 15.8. The lowest BCUT2D eigenvalue weighted by Gasteiger charge is -2.49. The number of hydrogen-bond donors (Lipinski definition) is 5. The number of benzene rings is 2. The molecule has 19 atom stereocenters. The molecule has 3 aromatic rings. The molecule has 7 rings (SSSR count). The summed E-state index contributed by atoms with van der Waals surface area (Å²) in [5, 5.41) is 67.6. The third-order valence-corrected chi connectivity index (χ3v) is 16.8. The van der Waals surface area contributed by atoms with E-state index >= 15 is 4.39 Å². The van der Waals surface area contributed by atoms with Gasteiger partial charge in [-0.25, -0.2) is 13.9 Å².